The number of nitrogens with zero attached hydrogens (tertiary/aromatic N) is 2. The van der Waals surface area contributed by atoms with Crippen LogP contribution in [0.15, 0.2) is 18.3 Å². The number of likely N-dealkylation sites (tertiary alicyclic amines) is 1. The first-order valence-electron chi connectivity index (χ1n) is 7.46. The van der Waals surface area contributed by atoms with Crippen molar-refractivity contribution in [2.24, 2.45) is 17.8 Å². The van der Waals surface area contributed by atoms with E-state index in [1.807, 2.05) is 20.8 Å². The number of amides is 1. The van der Waals surface area contributed by atoms with Crippen molar-refractivity contribution in [2.75, 3.05) is 13.1 Å². The lowest BCUT2D eigenvalue weighted by atomic mass is 10.1. The van der Waals surface area contributed by atoms with Crippen molar-refractivity contribution >= 4 is 6.09 Å². The van der Waals surface area contributed by atoms with E-state index in [0.717, 1.165) is 25.2 Å². The highest BCUT2D eigenvalue weighted by Gasteiger charge is 2.56. The third-order valence-electron chi connectivity index (χ3n) is 4.32. The molecule has 5 nitrogen and oxygen atoms in total. The molecule has 0 aromatic carbocycles. The van der Waals surface area contributed by atoms with Crippen LogP contribution >= 0.6 is 0 Å². The molecular formula is C16H22N2O3. The van der Waals surface area contributed by atoms with E-state index in [1.165, 1.54) is 0 Å². The fourth-order valence-electron chi connectivity index (χ4n) is 3.24. The zero-order valence-corrected chi connectivity index (χ0v) is 12.7. The quantitative estimate of drug-likeness (QED) is 0.908. The van der Waals surface area contributed by atoms with Gasteiger partial charge in [-0.25, -0.2) is 4.79 Å². The number of rotatable bonds is 2. The summed E-state index contributed by atoms with van der Waals surface area (Å²) in [5.41, 5.74) is 0.323. The maximum Gasteiger partial charge on any atom is 0.410 e. The van der Waals surface area contributed by atoms with Crippen LogP contribution in [-0.4, -0.2) is 39.8 Å². The van der Waals surface area contributed by atoms with Crippen molar-refractivity contribution in [1.82, 2.24) is 9.88 Å². The maximum absolute atomic E-state index is 12.0. The van der Waals surface area contributed by atoms with Crippen LogP contribution in [0.4, 0.5) is 4.79 Å². The summed E-state index contributed by atoms with van der Waals surface area (Å²) in [6.07, 6.45) is 2.29. The van der Waals surface area contributed by atoms with Gasteiger partial charge < -0.3 is 14.7 Å². The van der Waals surface area contributed by atoms with Crippen molar-refractivity contribution in [3.05, 3.63) is 24.0 Å². The minimum Gasteiger partial charge on any atom is -0.506 e. The summed E-state index contributed by atoms with van der Waals surface area (Å²) in [5, 5.41) is 9.77. The van der Waals surface area contributed by atoms with Crippen LogP contribution in [0.25, 0.3) is 0 Å². The predicted molar refractivity (Wildman–Crippen MR) is 77.9 cm³/mol. The third-order valence-corrected chi connectivity index (χ3v) is 4.32. The molecule has 1 aromatic heterocycles. The molecule has 3 rings (SSSR count). The SMILES string of the molecule is CC(C)(C)OC(=O)N1CC2C(Cc3ncccc3O)C2C1. The highest BCUT2D eigenvalue weighted by Crippen LogP contribution is 2.53. The van der Waals surface area contributed by atoms with E-state index in [0.29, 0.717) is 17.8 Å². The summed E-state index contributed by atoms with van der Waals surface area (Å²) >= 11 is 0. The normalized spacial score (nSPS) is 27.4. The van der Waals surface area contributed by atoms with Gasteiger partial charge in [0, 0.05) is 19.3 Å². The fourth-order valence-corrected chi connectivity index (χ4v) is 3.24. The second-order valence-electron chi connectivity index (χ2n) is 7.05. The third kappa shape index (κ3) is 2.96. The van der Waals surface area contributed by atoms with E-state index in [1.54, 1.807) is 23.2 Å². The van der Waals surface area contributed by atoms with Gasteiger partial charge in [-0.3, -0.25) is 4.98 Å². The van der Waals surface area contributed by atoms with Gasteiger partial charge in [0.1, 0.15) is 11.4 Å². The van der Waals surface area contributed by atoms with Crippen LogP contribution in [0.3, 0.4) is 0 Å². The zero-order chi connectivity index (χ0) is 15.2. The molecule has 2 aliphatic rings. The number of piperidine rings is 1. The summed E-state index contributed by atoms with van der Waals surface area (Å²) in [6.45, 7) is 7.17. The molecule has 0 spiro atoms. The largest absolute Gasteiger partial charge is 0.506 e. The van der Waals surface area contributed by atoms with Gasteiger partial charge in [0.05, 0.1) is 5.69 Å². The van der Waals surface area contributed by atoms with Crippen molar-refractivity contribution in [2.45, 2.75) is 32.8 Å². The van der Waals surface area contributed by atoms with Crippen LogP contribution in [0.1, 0.15) is 26.5 Å². The number of carbonyl (C=O) groups excluding carboxylic acids is 1. The topological polar surface area (TPSA) is 62.7 Å². The molecular weight excluding hydrogens is 268 g/mol. The van der Waals surface area contributed by atoms with Crippen molar-refractivity contribution in [3.8, 4) is 5.75 Å². The number of hydrogen-bond donors (Lipinski definition) is 1. The van der Waals surface area contributed by atoms with E-state index in [2.05, 4.69) is 4.98 Å². The van der Waals surface area contributed by atoms with E-state index in [-0.39, 0.29) is 11.8 Å². The van der Waals surface area contributed by atoms with Gasteiger partial charge in [-0.1, -0.05) is 0 Å². The summed E-state index contributed by atoms with van der Waals surface area (Å²) in [6, 6.07) is 3.41. The van der Waals surface area contributed by atoms with Gasteiger partial charge in [0.15, 0.2) is 0 Å². The molecule has 2 fully saturated rings. The van der Waals surface area contributed by atoms with Gasteiger partial charge in [0.2, 0.25) is 0 Å². The van der Waals surface area contributed by atoms with E-state index in [4.69, 9.17) is 4.74 Å². The average Bonchev–Trinajstić information content (AvgIpc) is 2.83. The fraction of sp³-hybridized carbons (Fsp3) is 0.625. The molecule has 1 amide bonds. The first-order chi connectivity index (χ1) is 9.85. The Hall–Kier alpha value is -1.78. The Morgan fingerprint density at radius 1 is 1.43 bits per heavy atom. The number of aromatic hydroxyl groups is 1. The Morgan fingerprint density at radius 2 is 2.10 bits per heavy atom. The average molecular weight is 290 g/mol. The Bertz CT molecular complexity index is 541. The number of ether oxygens (including phenoxy) is 1. The monoisotopic (exact) mass is 290 g/mol. The first kappa shape index (κ1) is 14.2. The molecule has 114 valence electrons. The zero-order valence-electron chi connectivity index (χ0n) is 12.7. The molecule has 5 heteroatoms. The number of pyridine rings is 1. The molecule has 1 saturated heterocycles. The molecule has 1 aliphatic carbocycles. The molecule has 1 aliphatic heterocycles. The Labute approximate surface area is 124 Å². The standard InChI is InChI=1S/C16H22N2O3/c1-16(2,3)21-15(20)18-8-11-10(12(11)9-18)7-13-14(19)5-4-6-17-13/h4-6,10-12,19H,7-9H2,1-3H3. The first-order valence-corrected chi connectivity index (χ1v) is 7.46. The van der Waals surface area contributed by atoms with Crippen LogP contribution in [0, 0.1) is 17.8 Å². The minimum atomic E-state index is -0.441. The smallest absolute Gasteiger partial charge is 0.410 e. The highest BCUT2D eigenvalue weighted by atomic mass is 16.6. The minimum absolute atomic E-state index is 0.214. The molecule has 2 unspecified atom stereocenters. The summed E-state index contributed by atoms with van der Waals surface area (Å²) in [7, 11) is 0. The molecule has 0 radical (unpaired) electrons. The molecule has 21 heavy (non-hydrogen) atoms. The lowest BCUT2D eigenvalue weighted by molar-refractivity contribution is 0.0265. The predicted octanol–water partition coefficient (Wildman–Crippen LogP) is 2.44. The van der Waals surface area contributed by atoms with Gasteiger partial charge in [-0.2, -0.15) is 0 Å². The molecule has 2 atom stereocenters. The van der Waals surface area contributed by atoms with Crippen LogP contribution in [0.2, 0.25) is 0 Å². The number of hydrogen-bond acceptors (Lipinski definition) is 4. The lowest BCUT2D eigenvalue weighted by Crippen LogP contribution is -2.37. The van der Waals surface area contributed by atoms with Gasteiger partial charge in [0.25, 0.3) is 0 Å². The summed E-state index contributed by atoms with van der Waals surface area (Å²) in [4.78, 5) is 18.0. The Morgan fingerprint density at radius 3 is 2.67 bits per heavy atom. The number of carbonyl (C=O) groups is 1. The Kier molecular flexibility index (Phi) is 3.30. The molecule has 2 heterocycles. The highest BCUT2D eigenvalue weighted by molar-refractivity contribution is 5.69. The lowest BCUT2D eigenvalue weighted by Gasteiger charge is -2.25. The van der Waals surface area contributed by atoms with Crippen molar-refractivity contribution < 1.29 is 14.6 Å². The maximum atomic E-state index is 12.0. The van der Waals surface area contributed by atoms with Crippen molar-refractivity contribution in [1.29, 1.82) is 0 Å². The van der Waals surface area contributed by atoms with Gasteiger partial charge >= 0.3 is 6.09 Å². The van der Waals surface area contributed by atoms with Crippen LogP contribution < -0.4 is 0 Å². The molecule has 1 N–H and O–H groups in total. The van der Waals surface area contributed by atoms with Gasteiger partial charge in [-0.05, 0) is 57.1 Å². The molecule has 0 bridgehead atoms. The van der Waals surface area contributed by atoms with Crippen LogP contribution in [-0.2, 0) is 11.2 Å². The second kappa shape index (κ2) is 4.90. The van der Waals surface area contributed by atoms with E-state index < -0.39 is 5.60 Å². The van der Waals surface area contributed by atoms with Crippen molar-refractivity contribution in [3.63, 3.8) is 0 Å². The summed E-state index contributed by atoms with van der Waals surface area (Å²) in [5.74, 6) is 1.86. The van der Waals surface area contributed by atoms with Gasteiger partial charge in [-0.15, -0.1) is 0 Å². The van der Waals surface area contributed by atoms with E-state index >= 15 is 0 Å². The van der Waals surface area contributed by atoms with Crippen LogP contribution in [0.5, 0.6) is 5.75 Å². The Balaban J connectivity index is 1.53. The number of aromatic nitrogens is 1. The molecule has 1 saturated carbocycles. The second-order valence-corrected chi connectivity index (χ2v) is 7.05. The number of fused-ring (bicyclic) bond motifs is 1. The molecule has 1 aromatic rings. The summed E-state index contributed by atoms with van der Waals surface area (Å²) < 4.78 is 5.40. The van der Waals surface area contributed by atoms with E-state index in [9.17, 15) is 9.90 Å².